The topological polar surface area (TPSA) is 68.5 Å². The first-order chi connectivity index (χ1) is 12.2. The monoisotopic (exact) mass is 334 g/mol. The molecule has 2 aromatic heterocycles. The molecular weight excluding hydrogens is 316 g/mol. The molecular formula is C19H18N4O2. The van der Waals surface area contributed by atoms with Gasteiger partial charge in [0.1, 0.15) is 17.7 Å². The number of nitrogens with one attached hydrogen (secondary N) is 1. The minimum atomic E-state index is -0.107. The zero-order valence-electron chi connectivity index (χ0n) is 13.7. The van der Waals surface area contributed by atoms with Gasteiger partial charge in [0.2, 0.25) is 0 Å². The Morgan fingerprint density at radius 1 is 1.24 bits per heavy atom. The number of aromatic nitrogens is 3. The number of hydrogen-bond acceptors (Lipinski definition) is 4. The van der Waals surface area contributed by atoms with Crippen LogP contribution in [0, 0.1) is 0 Å². The van der Waals surface area contributed by atoms with Crippen LogP contribution in [0.2, 0.25) is 0 Å². The number of fused-ring (bicyclic) bond motifs is 2. The highest BCUT2D eigenvalue weighted by Crippen LogP contribution is 2.48. The van der Waals surface area contributed by atoms with Gasteiger partial charge >= 0.3 is 0 Å². The maximum absolute atomic E-state index is 12.8. The van der Waals surface area contributed by atoms with Gasteiger partial charge in [0, 0.05) is 18.2 Å². The lowest BCUT2D eigenvalue weighted by Crippen LogP contribution is -2.49. The Bertz CT molecular complexity index is 961. The van der Waals surface area contributed by atoms with E-state index in [4.69, 9.17) is 4.74 Å². The van der Waals surface area contributed by atoms with Crippen LogP contribution in [0.4, 0.5) is 0 Å². The van der Waals surface area contributed by atoms with Crippen molar-refractivity contribution in [1.82, 2.24) is 19.9 Å². The van der Waals surface area contributed by atoms with E-state index in [2.05, 4.69) is 15.5 Å². The molecule has 1 aromatic carbocycles. The Labute approximate surface area is 144 Å². The van der Waals surface area contributed by atoms with Crippen molar-refractivity contribution in [2.24, 2.45) is 0 Å². The van der Waals surface area contributed by atoms with Gasteiger partial charge in [-0.05, 0) is 37.5 Å². The average Bonchev–Trinajstić information content (AvgIpc) is 3.08. The molecule has 1 N–H and O–H groups in total. The Kier molecular flexibility index (Phi) is 3.07. The van der Waals surface area contributed by atoms with E-state index in [-0.39, 0.29) is 17.6 Å². The number of carbonyl (C=O) groups excluding carboxylic acids is 1. The summed E-state index contributed by atoms with van der Waals surface area (Å²) in [5.41, 5.74) is 2.27. The maximum atomic E-state index is 12.8. The fraction of sp³-hybridized carbons (Fsp3) is 0.316. The van der Waals surface area contributed by atoms with Crippen LogP contribution in [0.3, 0.4) is 0 Å². The third kappa shape index (κ3) is 2.36. The third-order valence-electron chi connectivity index (χ3n) is 5.32. The predicted molar refractivity (Wildman–Crippen MR) is 91.5 cm³/mol. The predicted octanol–water partition coefficient (Wildman–Crippen LogP) is 2.91. The van der Waals surface area contributed by atoms with Gasteiger partial charge in [-0.25, -0.2) is 0 Å². The highest BCUT2D eigenvalue weighted by atomic mass is 16.5. The lowest BCUT2D eigenvalue weighted by atomic mass is 9.73. The molecule has 3 heterocycles. The van der Waals surface area contributed by atoms with Crippen LogP contribution in [-0.2, 0) is 0 Å². The first-order valence-corrected chi connectivity index (χ1v) is 8.61. The average molecular weight is 334 g/mol. The quantitative estimate of drug-likeness (QED) is 0.782. The highest BCUT2D eigenvalue weighted by Gasteiger charge is 2.45. The van der Waals surface area contributed by atoms with Gasteiger partial charge in [-0.1, -0.05) is 18.2 Å². The smallest absolute Gasteiger partial charge is 0.253 e. The Morgan fingerprint density at radius 3 is 2.96 bits per heavy atom. The minimum absolute atomic E-state index is 0.0330. The second kappa shape index (κ2) is 5.31. The van der Waals surface area contributed by atoms with Gasteiger partial charge in [0.25, 0.3) is 5.91 Å². The van der Waals surface area contributed by atoms with Gasteiger partial charge in [0.15, 0.2) is 5.65 Å². The fourth-order valence-electron chi connectivity index (χ4n) is 3.83. The van der Waals surface area contributed by atoms with Crippen molar-refractivity contribution >= 4 is 11.6 Å². The number of benzene rings is 1. The Balaban J connectivity index is 1.45. The molecule has 0 unspecified atom stereocenters. The second-order valence-electron chi connectivity index (χ2n) is 6.92. The van der Waals surface area contributed by atoms with Crippen molar-refractivity contribution in [3.8, 4) is 5.75 Å². The Hall–Kier alpha value is -2.89. The summed E-state index contributed by atoms with van der Waals surface area (Å²) in [6.07, 6.45) is 7.48. The van der Waals surface area contributed by atoms with E-state index in [0.717, 1.165) is 36.2 Å². The number of pyridine rings is 1. The van der Waals surface area contributed by atoms with Crippen molar-refractivity contribution in [1.29, 1.82) is 0 Å². The molecule has 0 radical (unpaired) electrons. The normalized spacial score (nSPS) is 20.6. The van der Waals surface area contributed by atoms with Gasteiger partial charge < -0.3 is 10.1 Å². The first kappa shape index (κ1) is 14.5. The minimum Gasteiger partial charge on any atom is -0.487 e. The summed E-state index contributed by atoms with van der Waals surface area (Å²) in [6, 6.07) is 11.6. The number of rotatable bonds is 2. The molecule has 2 aliphatic rings. The summed E-state index contributed by atoms with van der Waals surface area (Å²) in [7, 11) is 0. The summed E-state index contributed by atoms with van der Waals surface area (Å²) in [5, 5.41) is 11.0. The molecule has 6 nitrogen and oxygen atoms in total. The summed E-state index contributed by atoms with van der Waals surface area (Å²) < 4.78 is 8.00. The molecule has 1 aliphatic carbocycles. The molecule has 5 rings (SSSR count). The van der Waals surface area contributed by atoms with Gasteiger partial charge in [-0.2, -0.15) is 0 Å². The standard InChI is InChI=1S/C19H18N4O2/c24-18(13-6-7-17-22-20-12-23(17)11-13)21-15-10-19(8-3-9-19)25-16-5-2-1-4-14(15)16/h1-2,4-7,11-12,15H,3,8-10H2,(H,21,24)/t15-/m0/s1. The molecule has 1 spiro atoms. The number of hydrogen-bond donors (Lipinski definition) is 1. The van der Waals surface area contributed by atoms with E-state index >= 15 is 0 Å². The van der Waals surface area contributed by atoms with Crippen LogP contribution >= 0.6 is 0 Å². The largest absolute Gasteiger partial charge is 0.487 e. The van der Waals surface area contributed by atoms with Crippen LogP contribution in [0.1, 0.15) is 47.6 Å². The van der Waals surface area contributed by atoms with Crippen molar-refractivity contribution in [3.63, 3.8) is 0 Å². The molecule has 25 heavy (non-hydrogen) atoms. The van der Waals surface area contributed by atoms with Gasteiger partial charge in [-0.15, -0.1) is 10.2 Å². The van der Waals surface area contributed by atoms with E-state index in [1.165, 1.54) is 6.42 Å². The van der Waals surface area contributed by atoms with Crippen LogP contribution in [0.5, 0.6) is 5.75 Å². The van der Waals surface area contributed by atoms with Crippen LogP contribution < -0.4 is 10.1 Å². The molecule has 1 amide bonds. The molecule has 0 saturated heterocycles. The number of nitrogens with zero attached hydrogens (tertiary/aromatic N) is 3. The number of ether oxygens (including phenoxy) is 1. The summed E-state index contributed by atoms with van der Waals surface area (Å²) in [6.45, 7) is 0. The van der Waals surface area contributed by atoms with Crippen molar-refractivity contribution in [2.75, 3.05) is 0 Å². The first-order valence-electron chi connectivity index (χ1n) is 8.61. The molecule has 3 aromatic rings. The zero-order valence-corrected chi connectivity index (χ0v) is 13.7. The molecule has 1 fully saturated rings. The maximum Gasteiger partial charge on any atom is 0.253 e. The molecule has 126 valence electrons. The van der Waals surface area contributed by atoms with Gasteiger partial charge in [0.05, 0.1) is 11.6 Å². The van der Waals surface area contributed by atoms with E-state index in [1.54, 1.807) is 29.1 Å². The SMILES string of the molecule is O=C(N[C@H]1CC2(CCC2)Oc2ccccc21)c1ccc2nncn2c1. The van der Waals surface area contributed by atoms with Crippen LogP contribution in [-0.4, -0.2) is 26.1 Å². The van der Waals surface area contributed by atoms with E-state index in [9.17, 15) is 4.79 Å². The number of para-hydroxylation sites is 1. The third-order valence-corrected chi connectivity index (χ3v) is 5.32. The Morgan fingerprint density at radius 2 is 2.12 bits per heavy atom. The number of amides is 1. The number of carbonyl (C=O) groups is 1. The highest BCUT2D eigenvalue weighted by molar-refractivity contribution is 5.94. The fourth-order valence-corrected chi connectivity index (χ4v) is 3.83. The lowest BCUT2D eigenvalue weighted by molar-refractivity contribution is -0.0360. The van der Waals surface area contributed by atoms with Crippen molar-refractivity contribution in [2.45, 2.75) is 37.3 Å². The molecule has 1 aliphatic heterocycles. The van der Waals surface area contributed by atoms with E-state index < -0.39 is 0 Å². The van der Waals surface area contributed by atoms with E-state index in [1.807, 2.05) is 24.3 Å². The van der Waals surface area contributed by atoms with E-state index in [0.29, 0.717) is 5.56 Å². The van der Waals surface area contributed by atoms with Crippen LogP contribution in [0.15, 0.2) is 48.9 Å². The summed E-state index contributed by atoms with van der Waals surface area (Å²) in [5.74, 6) is 0.805. The lowest BCUT2D eigenvalue weighted by Gasteiger charge is -2.48. The summed E-state index contributed by atoms with van der Waals surface area (Å²) in [4.78, 5) is 12.8. The molecule has 1 atom stereocenters. The van der Waals surface area contributed by atoms with Gasteiger partial charge in [-0.3, -0.25) is 9.20 Å². The molecule has 1 saturated carbocycles. The second-order valence-corrected chi connectivity index (χ2v) is 6.92. The van der Waals surface area contributed by atoms with Crippen molar-refractivity contribution in [3.05, 3.63) is 60.0 Å². The molecule has 0 bridgehead atoms. The summed E-state index contributed by atoms with van der Waals surface area (Å²) >= 11 is 0. The zero-order chi connectivity index (χ0) is 16.9. The van der Waals surface area contributed by atoms with Crippen LogP contribution in [0.25, 0.3) is 5.65 Å². The van der Waals surface area contributed by atoms with Crippen molar-refractivity contribution < 1.29 is 9.53 Å². The molecule has 6 heteroatoms.